The van der Waals surface area contributed by atoms with Crippen molar-refractivity contribution < 1.29 is 14.4 Å². The van der Waals surface area contributed by atoms with Crippen LogP contribution in [0.4, 0.5) is 10.6 Å². The molecule has 2 aromatic rings. The van der Waals surface area contributed by atoms with E-state index in [2.05, 4.69) is 10.3 Å². The molecule has 1 N–H and O–H groups in total. The highest BCUT2D eigenvalue weighted by atomic mass is 32.2. The van der Waals surface area contributed by atoms with Crippen LogP contribution in [-0.4, -0.2) is 39.2 Å². The Balaban J connectivity index is 1.84. The molecule has 7 nitrogen and oxygen atoms in total. The summed E-state index contributed by atoms with van der Waals surface area (Å²) in [5.74, 6) is -0.193. The number of hydrogen-bond acceptors (Lipinski definition) is 6. The van der Waals surface area contributed by atoms with Crippen molar-refractivity contribution in [1.82, 2.24) is 9.88 Å². The largest absolute Gasteiger partial charge is 0.307 e. The van der Waals surface area contributed by atoms with Crippen molar-refractivity contribution in [2.45, 2.75) is 0 Å². The number of anilines is 1. The van der Waals surface area contributed by atoms with Gasteiger partial charge in [0.25, 0.3) is 17.1 Å². The van der Waals surface area contributed by atoms with E-state index < -0.39 is 11.8 Å². The van der Waals surface area contributed by atoms with Gasteiger partial charge in [-0.3, -0.25) is 19.3 Å². The van der Waals surface area contributed by atoms with Crippen LogP contribution in [-0.2, 0) is 0 Å². The van der Waals surface area contributed by atoms with Gasteiger partial charge in [0.05, 0.1) is 16.7 Å². The Hall–Kier alpha value is -3.18. The first kappa shape index (κ1) is 16.7. The maximum absolute atomic E-state index is 12.6. The Kier molecular flexibility index (Phi) is 4.77. The number of rotatable bonds is 3. The van der Waals surface area contributed by atoms with E-state index >= 15 is 0 Å². The molecule has 0 saturated carbocycles. The second-order valence-electron chi connectivity index (χ2n) is 5.11. The molecule has 1 fully saturated rings. The molecule has 0 radical (unpaired) electrons. The summed E-state index contributed by atoms with van der Waals surface area (Å²) in [4.78, 5) is 42.0. The number of benzene rings is 1. The number of aromatic nitrogens is 1. The van der Waals surface area contributed by atoms with Crippen molar-refractivity contribution in [3.05, 3.63) is 59.3 Å². The van der Waals surface area contributed by atoms with Gasteiger partial charge < -0.3 is 5.32 Å². The molecule has 0 unspecified atom stereocenters. The summed E-state index contributed by atoms with van der Waals surface area (Å²) in [6, 6.07) is 11.3. The van der Waals surface area contributed by atoms with E-state index in [1.165, 1.54) is 30.5 Å². The van der Waals surface area contributed by atoms with Gasteiger partial charge in [0.1, 0.15) is 11.9 Å². The van der Waals surface area contributed by atoms with Crippen LogP contribution >= 0.6 is 11.8 Å². The van der Waals surface area contributed by atoms with E-state index in [1.54, 1.807) is 12.1 Å². The van der Waals surface area contributed by atoms with E-state index in [9.17, 15) is 14.4 Å². The van der Waals surface area contributed by atoms with Gasteiger partial charge in [0.2, 0.25) is 0 Å². The molecule has 8 heteroatoms. The van der Waals surface area contributed by atoms with Crippen LogP contribution in [0.2, 0.25) is 0 Å². The second kappa shape index (κ2) is 7.15. The van der Waals surface area contributed by atoms with Crippen molar-refractivity contribution in [1.29, 1.82) is 5.26 Å². The van der Waals surface area contributed by atoms with Crippen molar-refractivity contribution in [3.63, 3.8) is 0 Å². The predicted octanol–water partition coefficient (Wildman–Crippen LogP) is 2.51. The van der Waals surface area contributed by atoms with Gasteiger partial charge in [-0.15, -0.1) is 0 Å². The molecule has 3 rings (SSSR count). The Labute approximate surface area is 147 Å². The third-order valence-corrected chi connectivity index (χ3v) is 4.40. The minimum absolute atomic E-state index is 0.156. The first-order valence-electron chi connectivity index (χ1n) is 7.35. The lowest BCUT2D eigenvalue weighted by Crippen LogP contribution is -2.32. The molecular formula is C17H12N4O3S. The SMILES string of the molecule is N#Cc1ccc(NC(=O)c2ccccc2C(=O)N2CCSC2=O)nc1. The molecule has 0 bridgehead atoms. The minimum Gasteiger partial charge on any atom is -0.307 e. The summed E-state index contributed by atoms with van der Waals surface area (Å²) >= 11 is 1.08. The lowest BCUT2D eigenvalue weighted by Gasteiger charge is -2.15. The smallest absolute Gasteiger partial charge is 0.288 e. The van der Waals surface area contributed by atoms with Gasteiger partial charge in [0, 0.05) is 18.5 Å². The topological polar surface area (TPSA) is 103 Å². The maximum Gasteiger partial charge on any atom is 0.288 e. The van der Waals surface area contributed by atoms with E-state index in [-0.39, 0.29) is 22.2 Å². The summed E-state index contributed by atoms with van der Waals surface area (Å²) in [7, 11) is 0. The van der Waals surface area contributed by atoms with Crippen molar-refractivity contribution in [2.24, 2.45) is 0 Å². The fraction of sp³-hybridized carbons (Fsp3) is 0.118. The average Bonchev–Trinajstić information content (AvgIpc) is 3.07. The van der Waals surface area contributed by atoms with Crippen LogP contribution < -0.4 is 5.32 Å². The van der Waals surface area contributed by atoms with E-state index in [4.69, 9.17) is 5.26 Å². The molecule has 1 aromatic carbocycles. The van der Waals surface area contributed by atoms with Crippen LogP contribution in [0.3, 0.4) is 0 Å². The lowest BCUT2D eigenvalue weighted by molar-refractivity contribution is 0.0826. The summed E-state index contributed by atoms with van der Waals surface area (Å²) in [5.41, 5.74) is 0.687. The second-order valence-corrected chi connectivity index (χ2v) is 6.16. The number of amides is 3. The molecule has 0 aliphatic carbocycles. The van der Waals surface area contributed by atoms with Crippen LogP contribution in [0.15, 0.2) is 42.6 Å². The summed E-state index contributed by atoms with van der Waals surface area (Å²) in [6.45, 7) is 0.329. The third-order valence-electron chi connectivity index (χ3n) is 3.54. The monoisotopic (exact) mass is 352 g/mol. The molecule has 1 saturated heterocycles. The molecule has 3 amide bonds. The Bertz CT molecular complexity index is 890. The van der Waals surface area contributed by atoms with Crippen LogP contribution in [0.5, 0.6) is 0 Å². The number of nitrogens with one attached hydrogen (secondary N) is 1. The zero-order chi connectivity index (χ0) is 17.8. The molecule has 1 aromatic heterocycles. The number of nitrogens with zero attached hydrogens (tertiary/aromatic N) is 3. The van der Waals surface area contributed by atoms with Crippen LogP contribution in [0.1, 0.15) is 26.3 Å². The summed E-state index contributed by atoms with van der Waals surface area (Å²) < 4.78 is 0. The van der Waals surface area contributed by atoms with Crippen molar-refractivity contribution in [2.75, 3.05) is 17.6 Å². The van der Waals surface area contributed by atoms with Crippen LogP contribution in [0.25, 0.3) is 0 Å². The standard InChI is InChI=1S/C17H12N4O3S/c18-9-11-5-6-14(19-10-11)20-15(22)12-3-1-2-4-13(12)16(23)21-7-8-25-17(21)24/h1-6,10H,7-8H2,(H,19,20,22). The molecule has 1 aliphatic heterocycles. The first-order chi connectivity index (χ1) is 12.1. The van der Waals surface area contributed by atoms with Gasteiger partial charge >= 0.3 is 0 Å². The zero-order valence-corrected chi connectivity index (χ0v) is 13.7. The molecule has 1 aliphatic rings. The molecular weight excluding hydrogens is 340 g/mol. The van der Waals surface area contributed by atoms with Crippen LogP contribution in [0, 0.1) is 11.3 Å². The average molecular weight is 352 g/mol. The van der Waals surface area contributed by atoms with E-state index in [1.807, 2.05) is 6.07 Å². The van der Waals surface area contributed by atoms with Gasteiger partial charge in [-0.1, -0.05) is 23.9 Å². The maximum atomic E-state index is 12.6. The number of imide groups is 1. The number of carbonyl (C=O) groups is 3. The minimum atomic E-state index is -0.513. The lowest BCUT2D eigenvalue weighted by atomic mass is 10.1. The zero-order valence-electron chi connectivity index (χ0n) is 12.9. The molecule has 2 heterocycles. The summed E-state index contributed by atoms with van der Waals surface area (Å²) in [6.07, 6.45) is 1.34. The van der Waals surface area contributed by atoms with E-state index in [0.29, 0.717) is 17.9 Å². The molecule has 0 spiro atoms. The third kappa shape index (κ3) is 3.51. The van der Waals surface area contributed by atoms with Gasteiger partial charge in [-0.05, 0) is 24.3 Å². The molecule has 124 valence electrons. The predicted molar refractivity (Wildman–Crippen MR) is 92.2 cm³/mol. The highest BCUT2D eigenvalue weighted by Crippen LogP contribution is 2.22. The quantitative estimate of drug-likeness (QED) is 0.910. The number of nitriles is 1. The highest BCUT2D eigenvalue weighted by Gasteiger charge is 2.30. The molecule has 25 heavy (non-hydrogen) atoms. The van der Waals surface area contributed by atoms with Gasteiger partial charge in [-0.2, -0.15) is 5.26 Å². The number of thioether (sulfide) groups is 1. The fourth-order valence-corrected chi connectivity index (χ4v) is 3.09. The summed E-state index contributed by atoms with van der Waals surface area (Å²) in [5, 5.41) is 11.0. The van der Waals surface area contributed by atoms with Gasteiger partial charge in [-0.25, -0.2) is 4.98 Å². The van der Waals surface area contributed by atoms with E-state index in [0.717, 1.165) is 16.7 Å². The molecule has 0 atom stereocenters. The fourth-order valence-electron chi connectivity index (χ4n) is 2.31. The van der Waals surface area contributed by atoms with Crippen molar-refractivity contribution in [3.8, 4) is 6.07 Å². The Morgan fingerprint density at radius 2 is 1.96 bits per heavy atom. The van der Waals surface area contributed by atoms with Gasteiger partial charge in [0.15, 0.2) is 0 Å². The number of carbonyl (C=O) groups excluding carboxylic acids is 3. The Morgan fingerprint density at radius 1 is 1.20 bits per heavy atom. The van der Waals surface area contributed by atoms with Crippen molar-refractivity contribution >= 4 is 34.6 Å². The highest BCUT2D eigenvalue weighted by molar-refractivity contribution is 8.13. The number of hydrogen-bond donors (Lipinski definition) is 1. The number of pyridine rings is 1. The normalized spacial score (nSPS) is 13.4. The first-order valence-corrected chi connectivity index (χ1v) is 8.34. The Morgan fingerprint density at radius 3 is 2.56 bits per heavy atom.